The van der Waals surface area contributed by atoms with Crippen molar-refractivity contribution >= 4 is 24.3 Å². The van der Waals surface area contributed by atoms with Gasteiger partial charge in [-0.05, 0) is 18.4 Å². The standard InChI is InChI=1S/C7H7BO2S.2Na/c1-11-7-4-2-6(3-5-7)8(9)10;;/h2-5H,1H3;;/q-2;2*+1. The average molecular weight is 212 g/mol. The number of hydrogen-bond acceptors (Lipinski definition) is 3. The van der Waals surface area contributed by atoms with Crippen molar-refractivity contribution in [1.82, 2.24) is 0 Å². The van der Waals surface area contributed by atoms with Gasteiger partial charge in [-0.3, -0.25) is 0 Å². The third-order valence-corrected chi connectivity index (χ3v) is 2.13. The van der Waals surface area contributed by atoms with Crippen LogP contribution in [0.5, 0.6) is 0 Å². The van der Waals surface area contributed by atoms with Crippen LogP contribution in [0.25, 0.3) is 0 Å². The second-order valence-corrected chi connectivity index (χ2v) is 2.98. The molecular formula is C7H7BNa2O2S. The largest absolute Gasteiger partial charge is 1.00 e. The van der Waals surface area contributed by atoms with Crippen LogP contribution in [0.1, 0.15) is 0 Å². The van der Waals surface area contributed by atoms with Crippen molar-refractivity contribution in [3.63, 3.8) is 0 Å². The fourth-order valence-electron chi connectivity index (χ4n) is 0.761. The minimum Gasteiger partial charge on any atom is -0.889 e. The Morgan fingerprint density at radius 2 is 1.54 bits per heavy atom. The van der Waals surface area contributed by atoms with Gasteiger partial charge in [-0.15, -0.1) is 17.2 Å². The first-order chi connectivity index (χ1) is 5.24. The molecule has 0 spiro atoms. The number of rotatable bonds is 2. The summed E-state index contributed by atoms with van der Waals surface area (Å²) in [4.78, 5) is 1.06. The summed E-state index contributed by atoms with van der Waals surface area (Å²) >= 11 is 1.59. The first-order valence-electron chi connectivity index (χ1n) is 3.19. The van der Waals surface area contributed by atoms with E-state index in [1.165, 1.54) is 0 Å². The van der Waals surface area contributed by atoms with Crippen LogP contribution in [0.15, 0.2) is 29.2 Å². The van der Waals surface area contributed by atoms with E-state index in [1.807, 2.05) is 6.26 Å². The fourth-order valence-corrected chi connectivity index (χ4v) is 1.17. The molecule has 0 aromatic heterocycles. The smallest absolute Gasteiger partial charge is 0.889 e. The molecule has 0 amide bonds. The van der Waals surface area contributed by atoms with Gasteiger partial charge >= 0.3 is 59.1 Å². The third-order valence-electron chi connectivity index (χ3n) is 1.39. The van der Waals surface area contributed by atoms with E-state index in [0.717, 1.165) is 4.90 Å². The number of hydrogen-bond donors (Lipinski definition) is 0. The van der Waals surface area contributed by atoms with E-state index in [4.69, 9.17) is 0 Å². The summed E-state index contributed by atoms with van der Waals surface area (Å²) in [5, 5.41) is 20.7. The second-order valence-electron chi connectivity index (χ2n) is 2.11. The molecule has 0 saturated carbocycles. The molecule has 0 heterocycles. The molecule has 0 aliphatic heterocycles. The van der Waals surface area contributed by atoms with Gasteiger partial charge in [-0.25, -0.2) is 0 Å². The van der Waals surface area contributed by atoms with Crippen molar-refractivity contribution in [2.24, 2.45) is 0 Å². The molecule has 0 radical (unpaired) electrons. The van der Waals surface area contributed by atoms with Gasteiger partial charge in [0.15, 0.2) is 0 Å². The van der Waals surface area contributed by atoms with Gasteiger partial charge in [0.1, 0.15) is 0 Å². The van der Waals surface area contributed by atoms with Crippen LogP contribution in [0, 0.1) is 0 Å². The summed E-state index contributed by atoms with van der Waals surface area (Å²) in [5.41, 5.74) is 0.308. The molecule has 0 atom stereocenters. The molecule has 13 heavy (non-hydrogen) atoms. The van der Waals surface area contributed by atoms with Gasteiger partial charge < -0.3 is 10.0 Å². The summed E-state index contributed by atoms with van der Waals surface area (Å²) in [5.74, 6) is 0. The zero-order valence-electron chi connectivity index (χ0n) is 8.11. The van der Waals surface area contributed by atoms with Gasteiger partial charge in [-0.2, -0.15) is 0 Å². The maximum Gasteiger partial charge on any atom is 1.00 e. The van der Waals surface area contributed by atoms with E-state index in [9.17, 15) is 10.0 Å². The Morgan fingerprint density at radius 1 is 1.08 bits per heavy atom. The summed E-state index contributed by atoms with van der Waals surface area (Å²) in [6.07, 6.45) is 1.95. The molecule has 0 bridgehead atoms. The minimum absolute atomic E-state index is 0. The van der Waals surface area contributed by atoms with E-state index >= 15 is 0 Å². The fraction of sp³-hybridized carbons (Fsp3) is 0.143. The van der Waals surface area contributed by atoms with Crippen LogP contribution in [0.3, 0.4) is 0 Å². The SMILES string of the molecule is CSc1ccc(B([O-])[O-])cc1.[Na+].[Na+]. The van der Waals surface area contributed by atoms with Crippen LogP contribution < -0.4 is 74.6 Å². The number of benzene rings is 1. The van der Waals surface area contributed by atoms with E-state index in [-0.39, 0.29) is 59.1 Å². The molecular weight excluding hydrogens is 205 g/mol. The van der Waals surface area contributed by atoms with E-state index in [1.54, 1.807) is 36.0 Å². The molecule has 2 nitrogen and oxygen atoms in total. The minimum atomic E-state index is -1.86. The van der Waals surface area contributed by atoms with E-state index < -0.39 is 7.12 Å². The van der Waals surface area contributed by atoms with Crippen molar-refractivity contribution < 1.29 is 69.2 Å². The van der Waals surface area contributed by atoms with Crippen molar-refractivity contribution in [2.45, 2.75) is 4.90 Å². The van der Waals surface area contributed by atoms with Crippen molar-refractivity contribution in [3.8, 4) is 0 Å². The van der Waals surface area contributed by atoms with Gasteiger partial charge in [0, 0.05) is 4.90 Å². The van der Waals surface area contributed by atoms with Crippen molar-refractivity contribution in [2.75, 3.05) is 6.26 Å². The normalized spacial score (nSPS) is 8.23. The average Bonchev–Trinajstić information content (AvgIpc) is 2.05. The Bertz CT molecular complexity index is 230. The third kappa shape index (κ3) is 5.87. The summed E-state index contributed by atoms with van der Waals surface area (Å²) in [6, 6.07) is 6.72. The molecule has 1 aromatic rings. The van der Waals surface area contributed by atoms with Gasteiger partial charge in [-0.1, -0.05) is 19.3 Å². The van der Waals surface area contributed by atoms with Crippen LogP contribution in [-0.2, 0) is 0 Å². The Labute approximate surface area is 127 Å². The molecule has 58 valence electrons. The molecule has 6 heteroatoms. The number of thioether (sulfide) groups is 1. The first-order valence-corrected chi connectivity index (χ1v) is 4.42. The second kappa shape index (κ2) is 8.83. The van der Waals surface area contributed by atoms with E-state index in [2.05, 4.69) is 0 Å². The Morgan fingerprint density at radius 3 is 1.85 bits per heavy atom. The van der Waals surface area contributed by atoms with E-state index in [0.29, 0.717) is 5.46 Å². The summed E-state index contributed by atoms with van der Waals surface area (Å²) in [6.45, 7) is 0. The van der Waals surface area contributed by atoms with Gasteiger partial charge in [0.25, 0.3) is 0 Å². The van der Waals surface area contributed by atoms with Crippen LogP contribution in [0.4, 0.5) is 0 Å². The predicted molar refractivity (Wildman–Crippen MR) is 43.6 cm³/mol. The molecule has 0 unspecified atom stereocenters. The molecule has 0 fully saturated rings. The van der Waals surface area contributed by atoms with Gasteiger partial charge in [0.2, 0.25) is 0 Å². The Balaban J connectivity index is 0. The topological polar surface area (TPSA) is 46.1 Å². The van der Waals surface area contributed by atoms with Crippen LogP contribution in [-0.4, -0.2) is 13.4 Å². The zero-order valence-corrected chi connectivity index (χ0v) is 12.9. The molecule has 0 saturated heterocycles. The van der Waals surface area contributed by atoms with Crippen molar-refractivity contribution in [1.29, 1.82) is 0 Å². The Kier molecular flexibility index (Phi) is 11.5. The Hall–Kier alpha value is 1.55. The quantitative estimate of drug-likeness (QED) is 0.361. The maximum absolute atomic E-state index is 10.4. The molecule has 1 rings (SSSR count). The van der Waals surface area contributed by atoms with Gasteiger partial charge in [0.05, 0.1) is 0 Å². The maximum atomic E-state index is 10.4. The monoisotopic (exact) mass is 212 g/mol. The molecule has 1 aromatic carbocycles. The zero-order chi connectivity index (χ0) is 8.27. The molecule has 0 N–H and O–H groups in total. The van der Waals surface area contributed by atoms with Crippen LogP contribution >= 0.6 is 11.8 Å². The first kappa shape index (κ1) is 17.0. The van der Waals surface area contributed by atoms with Crippen LogP contribution in [0.2, 0.25) is 0 Å². The molecule has 0 aliphatic rings. The van der Waals surface area contributed by atoms with Crippen molar-refractivity contribution in [3.05, 3.63) is 24.3 Å². The summed E-state index contributed by atoms with van der Waals surface area (Å²) in [7, 11) is -1.86. The predicted octanol–water partition coefficient (Wildman–Crippen LogP) is -7.17. The summed E-state index contributed by atoms with van der Waals surface area (Å²) < 4.78 is 0. The molecule has 0 aliphatic carbocycles.